The highest BCUT2D eigenvalue weighted by Gasteiger charge is 2.27. The van der Waals surface area contributed by atoms with Gasteiger partial charge in [0.15, 0.2) is 0 Å². The second-order valence-electron chi connectivity index (χ2n) is 23.1. The topological polar surface area (TPSA) is 105 Å². The van der Waals surface area contributed by atoms with Crippen molar-refractivity contribution in [2.45, 2.75) is 283 Å². The van der Waals surface area contributed by atoms with Gasteiger partial charge in [0.25, 0.3) is 0 Å². The third-order valence-electron chi connectivity index (χ3n) is 14.2. The Labute approximate surface area is 494 Å². The summed E-state index contributed by atoms with van der Waals surface area (Å²) < 4.78 is 23.8. The SMILES string of the molecule is CC/C=C\C/C=C\C/C=C\C/C=C\C/C=C\C/C=C\C/C=C\C/C=C\C/C=C\CCCCCCCCCC(=O)NC(COP(=O)(O)OCC[N+](C)(C)C)C(O)/C=C/CCCCCCCCCCCCCCCCCCCCCCC. The van der Waals surface area contributed by atoms with Crippen molar-refractivity contribution in [1.82, 2.24) is 5.32 Å². The van der Waals surface area contributed by atoms with Gasteiger partial charge in [0.1, 0.15) is 13.2 Å². The van der Waals surface area contributed by atoms with Gasteiger partial charge in [-0.1, -0.05) is 296 Å². The summed E-state index contributed by atoms with van der Waals surface area (Å²) in [7, 11) is 1.55. The minimum atomic E-state index is -4.36. The van der Waals surface area contributed by atoms with Gasteiger partial charge in [0, 0.05) is 6.42 Å². The van der Waals surface area contributed by atoms with E-state index < -0.39 is 20.0 Å². The van der Waals surface area contributed by atoms with E-state index in [9.17, 15) is 19.4 Å². The van der Waals surface area contributed by atoms with E-state index in [4.69, 9.17) is 9.05 Å². The molecule has 0 rings (SSSR count). The molecule has 0 heterocycles. The third-order valence-corrected chi connectivity index (χ3v) is 15.2. The zero-order valence-corrected chi connectivity index (χ0v) is 53.4. The van der Waals surface area contributed by atoms with Gasteiger partial charge < -0.3 is 19.8 Å². The first-order chi connectivity index (χ1) is 39.0. The predicted molar refractivity (Wildman–Crippen MR) is 350 cm³/mol. The first-order valence-corrected chi connectivity index (χ1v) is 34.4. The fraction of sp³-hybridized carbons (Fsp3) is 0.704. The summed E-state index contributed by atoms with van der Waals surface area (Å²) in [6.45, 7) is 4.71. The van der Waals surface area contributed by atoms with Gasteiger partial charge in [-0.05, 0) is 89.9 Å². The lowest BCUT2D eigenvalue weighted by atomic mass is 10.0. The van der Waals surface area contributed by atoms with Crippen LogP contribution in [0, 0.1) is 0 Å². The van der Waals surface area contributed by atoms with Crippen LogP contribution in [0.4, 0.5) is 0 Å². The molecule has 0 aliphatic rings. The van der Waals surface area contributed by atoms with Gasteiger partial charge in [-0.15, -0.1) is 0 Å². The summed E-state index contributed by atoms with van der Waals surface area (Å²) in [4.78, 5) is 23.4. The molecule has 0 radical (unpaired) electrons. The van der Waals surface area contributed by atoms with Crippen LogP contribution >= 0.6 is 7.82 Å². The molecule has 0 aromatic carbocycles. The predicted octanol–water partition coefficient (Wildman–Crippen LogP) is 20.9. The second kappa shape index (κ2) is 60.5. The van der Waals surface area contributed by atoms with Crippen molar-refractivity contribution in [2.75, 3.05) is 40.9 Å². The van der Waals surface area contributed by atoms with Crippen LogP contribution in [0.25, 0.3) is 0 Å². The van der Waals surface area contributed by atoms with Crippen LogP contribution < -0.4 is 5.32 Å². The van der Waals surface area contributed by atoms with Gasteiger partial charge in [-0.3, -0.25) is 13.8 Å². The minimum Gasteiger partial charge on any atom is -0.387 e. The first kappa shape index (κ1) is 76.9. The van der Waals surface area contributed by atoms with Crippen molar-refractivity contribution >= 4 is 13.7 Å². The molecular formula is C71H126N2O6P+. The Morgan fingerprint density at radius 1 is 0.438 bits per heavy atom. The van der Waals surface area contributed by atoms with Crippen LogP contribution in [0.1, 0.15) is 271 Å². The van der Waals surface area contributed by atoms with E-state index >= 15 is 0 Å². The van der Waals surface area contributed by atoms with Crippen LogP contribution in [0.15, 0.2) is 122 Å². The number of likely N-dealkylation sites (N-methyl/N-ethyl adjacent to an activating group) is 1. The number of allylic oxidation sites excluding steroid dienone is 19. The van der Waals surface area contributed by atoms with Crippen molar-refractivity contribution in [3.63, 3.8) is 0 Å². The maximum absolute atomic E-state index is 13.0. The Morgan fingerprint density at radius 3 is 1.10 bits per heavy atom. The number of rotatable bonds is 59. The summed E-state index contributed by atoms with van der Waals surface area (Å²) in [5, 5.41) is 14.0. The molecule has 0 saturated carbocycles. The summed E-state index contributed by atoms with van der Waals surface area (Å²) in [6, 6.07) is -0.863. The summed E-state index contributed by atoms with van der Waals surface area (Å²) in [5.74, 6) is -0.191. The van der Waals surface area contributed by atoms with Gasteiger partial charge >= 0.3 is 7.82 Å². The fourth-order valence-corrected chi connectivity index (χ4v) is 9.83. The number of amides is 1. The van der Waals surface area contributed by atoms with Crippen LogP contribution in [-0.4, -0.2) is 73.4 Å². The lowest BCUT2D eigenvalue weighted by molar-refractivity contribution is -0.870. The van der Waals surface area contributed by atoms with E-state index in [1.54, 1.807) is 6.08 Å². The smallest absolute Gasteiger partial charge is 0.387 e. The molecule has 9 heteroatoms. The van der Waals surface area contributed by atoms with Crippen LogP contribution in [0.3, 0.4) is 0 Å². The lowest BCUT2D eigenvalue weighted by Gasteiger charge is -2.25. The summed E-state index contributed by atoms with van der Waals surface area (Å²) >= 11 is 0. The number of quaternary nitrogens is 1. The number of nitrogens with one attached hydrogen (secondary N) is 1. The van der Waals surface area contributed by atoms with E-state index in [0.717, 1.165) is 109 Å². The van der Waals surface area contributed by atoms with Gasteiger partial charge in [-0.25, -0.2) is 4.57 Å². The number of aliphatic hydroxyl groups is 1. The molecule has 0 saturated heterocycles. The van der Waals surface area contributed by atoms with E-state index in [1.165, 1.54) is 141 Å². The molecule has 8 nitrogen and oxygen atoms in total. The van der Waals surface area contributed by atoms with E-state index in [2.05, 4.69) is 129 Å². The molecule has 0 fully saturated rings. The molecule has 0 aromatic rings. The standard InChI is InChI=1S/C71H125N2O6P/c1-6-8-10-12-14-16-18-20-22-24-26-28-30-31-32-33-34-35-36-37-38-39-40-41-43-45-47-49-51-53-55-57-59-61-63-65-71(75)72-69(68-79-80(76,77)78-67-66-73(3,4)5)70(74)64-62-60-58-56-54-52-50-48-46-44-42-29-27-25-23-21-19-17-15-13-11-9-7-2/h8,10,14,16,20,22,26,28,31-32,34-35,37-38,40-41,45,47,62,64,69-70,74H,6-7,9,11-13,15,17-19,21,23-25,27,29-30,33,36,39,42-44,46,48-61,63,65-68H2,1-5H3,(H-,72,75,76,77)/p+1/b10-8-,16-14-,22-20-,28-26-,32-31-,35-34-,38-37-,41-40-,47-45-,64-62+. The Hall–Kier alpha value is -3.10. The molecule has 0 spiro atoms. The zero-order chi connectivity index (χ0) is 58.4. The number of aliphatic hydroxyl groups excluding tert-OH is 1. The monoisotopic (exact) mass is 1130 g/mol. The van der Waals surface area contributed by atoms with Gasteiger partial charge in [0.05, 0.1) is 39.9 Å². The zero-order valence-electron chi connectivity index (χ0n) is 52.5. The lowest BCUT2D eigenvalue weighted by Crippen LogP contribution is -2.45. The highest BCUT2D eigenvalue weighted by Crippen LogP contribution is 2.43. The Bertz CT molecular complexity index is 1720. The average Bonchev–Trinajstić information content (AvgIpc) is 3.42. The van der Waals surface area contributed by atoms with Gasteiger partial charge in [-0.2, -0.15) is 0 Å². The van der Waals surface area contributed by atoms with Crippen molar-refractivity contribution in [1.29, 1.82) is 0 Å². The molecule has 0 aromatic heterocycles. The molecule has 80 heavy (non-hydrogen) atoms. The highest BCUT2D eigenvalue weighted by atomic mass is 31.2. The molecule has 460 valence electrons. The summed E-state index contributed by atoms with van der Waals surface area (Å²) in [6.07, 6.45) is 90.3. The quantitative estimate of drug-likeness (QED) is 0.0243. The van der Waals surface area contributed by atoms with E-state index in [-0.39, 0.29) is 19.1 Å². The fourth-order valence-electron chi connectivity index (χ4n) is 9.09. The molecule has 0 bridgehead atoms. The van der Waals surface area contributed by atoms with Crippen molar-refractivity contribution in [2.24, 2.45) is 0 Å². The molecule has 0 aliphatic heterocycles. The first-order valence-electron chi connectivity index (χ1n) is 32.9. The Kier molecular flexibility index (Phi) is 58.1. The number of phosphoric acid groups is 1. The number of carbonyl (C=O) groups excluding carboxylic acids is 1. The summed E-state index contributed by atoms with van der Waals surface area (Å²) in [5.41, 5.74) is 0. The number of hydrogen-bond acceptors (Lipinski definition) is 5. The molecule has 1 amide bonds. The van der Waals surface area contributed by atoms with Crippen molar-refractivity contribution in [3.05, 3.63) is 122 Å². The molecular weight excluding hydrogens is 1010 g/mol. The Morgan fingerprint density at radius 2 is 0.750 bits per heavy atom. The number of carbonyl (C=O) groups is 1. The van der Waals surface area contributed by atoms with Crippen molar-refractivity contribution < 1.29 is 32.9 Å². The highest BCUT2D eigenvalue weighted by molar-refractivity contribution is 7.47. The van der Waals surface area contributed by atoms with Crippen LogP contribution in [0.2, 0.25) is 0 Å². The maximum Gasteiger partial charge on any atom is 0.472 e. The van der Waals surface area contributed by atoms with Crippen LogP contribution in [0.5, 0.6) is 0 Å². The number of nitrogens with zero attached hydrogens (tertiary/aromatic N) is 1. The van der Waals surface area contributed by atoms with E-state index in [0.29, 0.717) is 17.4 Å². The van der Waals surface area contributed by atoms with E-state index in [1.807, 2.05) is 27.2 Å². The molecule has 3 N–H and O–H groups in total. The van der Waals surface area contributed by atoms with Crippen LogP contribution in [-0.2, 0) is 18.4 Å². The average molecular weight is 1130 g/mol. The number of phosphoric ester groups is 1. The largest absolute Gasteiger partial charge is 0.472 e. The van der Waals surface area contributed by atoms with Crippen molar-refractivity contribution in [3.8, 4) is 0 Å². The molecule has 3 atom stereocenters. The third kappa shape index (κ3) is 62.5. The molecule has 3 unspecified atom stereocenters. The van der Waals surface area contributed by atoms with Gasteiger partial charge in [0.2, 0.25) is 5.91 Å². The normalized spacial score (nSPS) is 14.5. The second-order valence-corrected chi connectivity index (χ2v) is 24.6. The maximum atomic E-state index is 13.0. The molecule has 0 aliphatic carbocycles. The minimum absolute atomic E-state index is 0.0535. The number of hydrogen-bond donors (Lipinski definition) is 3. The Balaban J connectivity index is 4.20. The number of unbranched alkanes of at least 4 members (excludes halogenated alkanes) is 28.